The van der Waals surface area contributed by atoms with Crippen molar-refractivity contribution in [3.05, 3.63) is 0 Å². The van der Waals surface area contributed by atoms with E-state index in [4.69, 9.17) is 43.4 Å². The molecule has 0 aliphatic heterocycles. The third-order valence-corrected chi connectivity index (χ3v) is 4.38. The lowest BCUT2D eigenvalue weighted by atomic mass is 10.2. The van der Waals surface area contributed by atoms with Crippen LogP contribution in [0.1, 0.15) is 25.7 Å². The highest BCUT2D eigenvalue weighted by Gasteiger charge is 2.11. The van der Waals surface area contributed by atoms with E-state index >= 15 is 0 Å². The van der Waals surface area contributed by atoms with Crippen molar-refractivity contribution in [3.8, 4) is 0 Å². The molecule has 14 nitrogen and oxygen atoms in total. The molecule has 0 saturated carbocycles. The fraction of sp³-hybridized carbons (Fsp3) is 0.706. The highest BCUT2D eigenvalue weighted by Crippen LogP contribution is 1.98. The SMILES string of the molecule is CSCC[C@H](N)C(=O)O.CSCC[C@H](N)C(=O)O.NC(=O)CC[C@H](N)C(=O)O.NCC(=O)O. The van der Waals surface area contributed by atoms with Crippen molar-refractivity contribution in [2.45, 2.75) is 43.8 Å². The van der Waals surface area contributed by atoms with Crippen molar-refractivity contribution >= 4 is 53.3 Å². The average molecular weight is 520 g/mol. The highest BCUT2D eigenvalue weighted by molar-refractivity contribution is 7.98. The molecule has 1 amide bonds. The molecule has 33 heavy (non-hydrogen) atoms. The van der Waals surface area contributed by atoms with Crippen molar-refractivity contribution in [1.82, 2.24) is 0 Å². The van der Waals surface area contributed by atoms with Gasteiger partial charge in [0, 0.05) is 6.42 Å². The van der Waals surface area contributed by atoms with Gasteiger partial charge >= 0.3 is 23.9 Å². The van der Waals surface area contributed by atoms with Crippen LogP contribution >= 0.6 is 23.5 Å². The molecule has 16 heteroatoms. The summed E-state index contributed by atoms with van der Waals surface area (Å²) in [6.07, 6.45) is 5.08. The molecule has 3 atom stereocenters. The van der Waals surface area contributed by atoms with Crippen LogP contribution in [0.5, 0.6) is 0 Å². The lowest BCUT2D eigenvalue weighted by Crippen LogP contribution is -2.31. The number of hydrogen-bond acceptors (Lipinski definition) is 11. The number of thioether (sulfide) groups is 2. The molecular formula is C17H37N5O9S2. The summed E-state index contributed by atoms with van der Waals surface area (Å²) in [6.45, 7) is -0.278. The smallest absolute Gasteiger partial charge is 0.320 e. The Morgan fingerprint density at radius 2 is 0.970 bits per heavy atom. The van der Waals surface area contributed by atoms with E-state index in [0.29, 0.717) is 12.8 Å². The summed E-state index contributed by atoms with van der Waals surface area (Å²) >= 11 is 3.21. The minimum absolute atomic E-state index is 0.0213. The Kier molecular flexibility index (Phi) is 30.2. The van der Waals surface area contributed by atoms with Crippen molar-refractivity contribution < 1.29 is 44.4 Å². The molecule has 0 bridgehead atoms. The van der Waals surface area contributed by atoms with Gasteiger partial charge in [-0.15, -0.1) is 0 Å². The van der Waals surface area contributed by atoms with Crippen LogP contribution in [0.2, 0.25) is 0 Å². The summed E-state index contributed by atoms with van der Waals surface area (Å²) in [7, 11) is 0. The van der Waals surface area contributed by atoms with E-state index in [1.807, 2.05) is 12.5 Å². The number of carboxylic acids is 4. The largest absolute Gasteiger partial charge is 0.480 e. The number of amides is 1. The number of hydrogen-bond donors (Lipinski definition) is 9. The zero-order valence-corrected chi connectivity index (χ0v) is 20.3. The molecule has 0 aliphatic carbocycles. The molecule has 0 rings (SSSR count). The Labute approximate surface area is 201 Å². The number of carbonyl (C=O) groups excluding carboxylic acids is 1. The van der Waals surface area contributed by atoms with Crippen LogP contribution in [-0.4, -0.2) is 98.9 Å². The van der Waals surface area contributed by atoms with Gasteiger partial charge < -0.3 is 49.1 Å². The van der Waals surface area contributed by atoms with Gasteiger partial charge in [0.25, 0.3) is 0 Å². The molecule has 0 heterocycles. The summed E-state index contributed by atoms with van der Waals surface area (Å²) in [5, 5.41) is 32.4. The normalized spacial score (nSPS) is 12.1. The summed E-state index contributed by atoms with van der Waals surface area (Å²) in [5.41, 5.74) is 24.8. The zero-order chi connectivity index (χ0) is 27.0. The fourth-order valence-electron chi connectivity index (χ4n) is 1.16. The first kappa shape index (κ1) is 38.2. The van der Waals surface area contributed by atoms with Crippen LogP contribution in [0.15, 0.2) is 0 Å². The van der Waals surface area contributed by atoms with Crippen molar-refractivity contribution in [2.75, 3.05) is 30.6 Å². The van der Waals surface area contributed by atoms with Crippen LogP contribution in [-0.2, 0) is 24.0 Å². The second-order valence-electron chi connectivity index (χ2n) is 6.00. The summed E-state index contributed by atoms with van der Waals surface area (Å²) in [6, 6.07) is -2.35. The quantitative estimate of drug-likeness (QED) is 0.127. The number of nitrogens with two attached hydrogens (primary N) is 5. The Morgan fingerprint density at radius 1 is 0.697 bits per heavy atom. The summed E-state index contributed by atoms with van der Waals surface area (Å²) < 4.78 is 0. The number of primary amides is 1. The van der Waals surface area contributed by atoms with Gasteiger partial charge in [0.15, 0.2) is 0 Å². The molecule has 0 aromatic heterocycles. The van der Waals surface area contributed by atoms with E-state index in [0.717, 1.165) is 11.5 Å². The lowest BCUT2D eigenvalue weighted by molar-refractivity contribution is -0.139. The van der Waals surface area contributed by atoms with E-state index in [2.05, 4.69) is 5.73 Å². The van der Waals surface area contributed by atoms with Crippen LogP contribution < -0.4 is 28.7 Å². The third-order valence-electron chi connectivity index (χ3n) is 3.09. The molecule has 0 aromatic rings. The zero-order valence-electron chi connectivity index (χ0n) is 18.7. The minimum Gasteiger partial charge on any atom is -0.480 e. The van der Waals surface area contributed by atoms with E-state index in [1.165, 1.54) is 0 Å². The van der Waals surface area contributed by atoms with Crippen molar-refractivity contribution in [1.29, 1.82) is 0 Å². The topological polar surface area (TPSA) is 296 Å². The molecule has 0 saturated heterocycles. The summed E-state index contributed by atoms with van der Waals surface area (Å²) in [4.78, 5) is 49.5. The molecular weight excluding hydrogens is 482 g/mol. The fourth-order valence-corrected chi connectivity index (χ4v) is 2.14. The molecule has 0 spiro atoms. The third kappa shape index (κ3) is 37.5. The first-order valence-corrected chi connectivity index (χ1v) is 12.1. The Morgan fingerprint density at radius 3 is 1.15 bits per heavy atom. The van der Waals surface area contributed by atoms with Crippen LogP contribution in [0.25, 0.3) is 0 Å². The monoisotopic (exact) mass is 519 g/mol. The van der Waals surface area contributed by atoms with Gasteiger partial charge in [-0.3, -0.25) is 24.0 Å². The average Bonchev–Trinajstić information content (AvgIpc) is 2.74. The maximum Gasteiger partial charge on any atom is 0.320 e. The Hall–Kier alpha value is -2.11. The van der Waals surface area contributed by atoms with Crippen molar-refractivity contribution in [3.63, 3.8) is 0 Å². The number of rotatable bonds is 13. The minimum atomic E-state index is -1.11. The van der Waals surface area contributed by atoms with Crippen LogP contribution in [0.4, 0.5) is 0 Å². The number of carbonyl (C=O) groups is 5. The van der Waals surface area contributed by atoms with Gasteiger partial charge in [0.05, 0.1) is 6.54 Å². The molecule has 0 radical (unpaired) electrons. The maximum atomic E-state index is 10.1. The molecule has 0 aliphatic rings. The first-order chi connectivity index (χ1) is 15.2. The second-order valence-corrected chi connectivity index (χ2v) is 7.97. The van der Waals surface area contributed by atoms with Gasteiger partial charge in [-0.2, -0.15) is 23.5 Å². The Bertz CT molecular complexity index is 547. The van der Waals surface area contributed by atoms with E-state index in [-0.39, 0.29) is 19.4 Å². The first-order valence-electron chi connectivity index (χ1n) is 9.30. The van der Waals surface area contributed by atoms with Gasteiger partial charge in [0.2, 0.25) is 5.91 Å². The predicted molar refractivity (Wildman–Crippen MR) is 128 cm³/mol. The molecule has 14 N–H and O–H groups in total. The van der Waals surface area contributed by atoms with E-state index < -0.39 is 47.9 Å². The lowest BCUT2D eigenvalue weighted by Gasteiger charge is -2.02. The molecule has 0 fully saturated rings. The maximum absolute atomic E-state index is 10.1. The van der Waals surface area contributed by atoms with E-state index in [9.17, 15) is 24.0 Å². The van der Waals surface area contributed by atoms with Gasteiger partial charge in [0.1, 0.15) is 18.1 Å². The van der Waals surface area contributed by atoms with Gasteiger partial charge in [-0.05, 0) is 43.3 Å². The van der Waals surface area contributed by atoms with Gasteiger partial charge in [-0.1, -0.05) is 0 Å². The molecule has 0 aromatic carbocycles. The van der Waals surface area contributed by atoms with Gasteiger partial charge in [-0.25, -0.2) is 0 Å². The van der Waals surface area contributed by atoms with Crippen LogP contribution in [0, 0.1) is 0 Å². The predicted octanol–water partition coefficient (Wildman–Crippen LogP) is -2.00. The summed E-state index contributed by atoms with van der Waals surface area (Å²) in [5.74, 6) is -2.81. The van der Waals surface area contributed by atoms with E-state index in [1.54, 1.807) is 23.5 Å². The second kappa shape index (κ2) is 26.1. The molecule has 0 unspecified atom stereocenters. The number of carboxylic acid groups (broad SMARTS) is 4. The highest BCUT2D eigenvalue weighted by atomic mass is 32.2. The van der Waals surface area contributed by atoms with Crippen LogP contribution in [0.3, 0.4) is 0 Å². The standard InChI is InChI=1S/C5H10N2O3.2C5H11NO2S.C2H5NO2/c6-3(5(9)10)1-2-4(7)8;2*1-9-3-2-4(6)5(7)8;3-1-2(4)5/h3H,1-2,6H2,(H2,7,8)(H,9,10);2*4H,2-3,6H2,1H3,(H,7,8);1,3H2,(H,4,5)/t3-;2*4-;/m000./s1. The van der Waals surface area contributed by atoms with Crippen molar-refractivity contribution in [2.24, 2.45) is 28.7 Å². The number of aliphatic carboxylic acids is 4. The Balaban J connectivity index is -0.000000174. The molecule has 196 valence electrons.